The summed E-state index contributed by atoms with van der Waals surface area (Å²) >= 11 is 0. The lowest BCUT2D eigenvalue weighted by molar-refractivity contribution is 0.0411. The second-order valence-corrected chi connectivity index (χ2v) is 8.14. The van der Waals surface area contributed by atoms with Crippen molar-refractivity contribution in [2.24, 2.45) is 10.4 Å². The molecule has 2 N–H and O–H groups in total. The summed E-state index contributed by atoms with van der Waals surface area (Å²) in [7, 11) is 3.65. The zero-order chi connectivity index (χ0) is 18.5. The molecule has 0 saturated heterocycles. The molecule has 0 aromatic rings. The average molecular weight is 495 g/mol. The van der Waals surface area contributed by atoms with Gasteiger partial charge in [-0.2, -0.15) is 0 Å². The molecule has 0 heterocycles. The Hall–Kier alpha value is -0.0800. The number of halogens is 1. The summed E-state index contributed by atoms with van der Waals surface area (Å²) in [5, 5.41) is 6.97. The largest absolute Gasteiger partial charge is 0.385 e. The fourth-order valence-corrected chi connectivity index (χ4v) is 4.09. The second kappa shape index (κ2) is 14.9. The number of methoxy groups -OCH3 is 1. The Morgan fingerprint density at radius 3 is 2.33 bits per heavy atom. The van der Waals surface area contributed by atoms with Crippen molar-refractivity contribution < 1.29 is 9.47 Å². The smallest absolute Gasteiger partial charge is 0.190 e. The summed E-state index contributed by atoms with van der Waals surface area (Å²) in [6.45, 7) is 3.72. The van der Waals surface area contributed by atoms with Gasteiger partial charge < -0.3 is 20.1 Å². The van der Waals surface area contributed by atoms with Crippen LogP contribution in [0.5, 0.6) is 0 Å². The van der Waals surface area contributed by atoms with Crippen molar-refractivity contribution in [1.29, 1.82) is 0 Å². The maximum absolute atomic E-state index is 6.06. The van der Waals surface area contributed by atoms with Crippen LogP contribution >= 0.6 is 24.0 Å². The SMILES string of the molecule is CN=C(NCCCCOC1CCCCCC1)NCC1(CCOC)CCC1.I. The van der Waals surface area contributed by atoms with Crippen molar-refractivity contribution in [2.75, 3.05) is 40.5 Å². The zero-order valence-corrected chi connectivity index (χ0v) is 19.9. The van der Waals surface area contributed by atoms with Crippen LogP contribution < -0.4 is 10.6 Å². The van der Waals surface area contributed by atoms with E-state index in [1.165, 1.54) is 57.8 Å². The number of guanidine groups is 1. The highest BCUT2D eigenvalue weighted by molar-refractivity contribution is 14.0. The van der Waals surface area contributed by atoms with Crippen LogP contribution in [0.25, 0.3) is 0 Å². The van der Waals surface area contributed by atoms with Crippen molar-refractivity contribution in [3.8, 4) is 0 Å². The Balaban J connectivity index is 0.00000364. The van der Waals surface area contributed by atoms with Gasteiger partial charge in [0.2, 0.25) is 0 Å². The molecule has 0 unspecified atom stereocenters. The normalized spacial score (nSPS) is 20.3. The topological polar surface area (TPSA) is 54.9 Å². The number of aliphatic imine (C=N–C) groups is 1. The van der Waals surface area contributed by atoms with Crippen LogP contribution in [-0.4, -0.2) is 52.5 Å². The van der Waals surface area contributed by atoms with Gasteiger partial charge in [0.15, 0.2) is 5.96 Å². The van der Waals surface area contributed by atoms with Gasteiger partial charge in [0.05, 0.1) is 6.10 Å². The lowest BCUT2D eigenvalue weighted by atomic mass is 9.67. The lowest BCUT2D eigenvalue weighted by Crippen LogP contribution is -2.47. The number of nitrogens with one attached hydrogen (secondary N) is 2. The third-order valence-corrected chi connectivity index (χ3v) is 6.12. The van der Waals surface area contributed by atoms with Crippen molar-refractivity contribution in [2.45, 2.75) is 83.2 Å². The van der Waals surface area contributed by atoms with Crippen molar-refractivity contribution in [3.05, 3.63) is 0 Å². The van der Waals surface area contributed by atoms with Gasteiger partial charge in [-0.1, -0.05) is 32.1 Å². The summed E-state index contributed by atoms with van der Waals surface area (Å²) in [5.74, 6) is 0.929. The summed E-state index contributed by atoms with van der Waals surface area (Å²) < 4.78 is 11.3. The Bertz CT molecular complexity index is 395. The summed E-state index contributed by atoms with van der Waals surface area (Å²) in [6, 6.07) is 0. The number of hydrogen-bond acceptors (Lipinski definition) is 3. The first kappa shape index (κ1) is 25.0. The lowest BCUT2D eigenvalue weighted by Gasteiger charge is -2.42. The Labute approximate surface area is 183 Å². The van der Waals surface area contributed by atoms with Crippen molar-refractivity contribution >= 4 is 29.9 Å². The van der Waals surface area contributed by atoms with Crippen LogP contribution in [0, 0.1) is 5.41 Å². The number of ether oxygens (including phenoxy) is 2. The minimum atomic E-state index is 0. The van der Waals surface area contributed by atoms with Crippen LogP contribution in [0.2, 0.25) is 0 Å². The Morgan fingerprint density at radius 2 is 1.74 bits per heavy atom. The van der Waals surface area contributed by atoms with Crippen LogP contribution in [0.3, 0.4) is 0 Å². The molecule has 2 aliphatic carbocycles. The zero-order valence-electron chi connectivity index (χ0n) is 17.6. The fraction of sp³-hybridized carbons (Fsp3) is 0.952. The van der Waals surface area contributed by atoms with E-state index in [2.05, 4.69) is 15.6 Å². The van der Waals surface area contributed by atoms with E-state index < -0.39 is 0 Å². The maximum atomic E-state index is 6.06. The number of hydrogen-bond donors (Lipinski definition) is 2. The second-order valence-electron chi connectivity index (χ2n) is 8.14. The summed E-state index contributed by atoms with van der Waals surface area (Å²) in [5.41, 5.74) is 0.417. The molecule has 2 aliphatic rings. The highest BCUT2D eigenvalue weighted by Gasteiger charge is 2.36. The van der Waals surface area contributed by atoms with Crippen LogP contribution in [-0.2, 0) is 9.47 Å². The van der Waals surface area contributed by atoms with E-state index in [1.807, 2.05) is 7.05 Å². The third-order valence-electron chi connectivity index (χ3n) is 6.12. The van der Waals surface area contributed by atoms with Gasteiger partial charge in [0.1, 0.15) is 0 Å². The molecule has 0 aromatic carbocycles. The molecular weight excluding hydrogens is 453 g/mol. The highest BCUT2D eigenvalue weighted by atomic mass is 127. The van der Waals surface area contributed by atoms with Gasteiger partial charge in [-0.05, 0) is 50.4 Å². The van der Waals surface area contributed by atoms with Crippen molar-refractivity contribution in [3.63, 3.8) is 0 Å². The minimum absolute atomic E-state index is 0. The fourth-order valence-electron chi connectivity index (χ4n) is 4.09. The monoisotopic (exact) mass is 495 g/mol. The summed E-state index contributed by atoms with van der Waals surface area (Å²) in [6.07, 6.45) is 15.9. The third kappa shape index (κ3) is 9.79. The molecule has 5 nitrogen and oxygen atoms in total. The molecule has 0 aromatic heterocycles. The molecule has 160 valence electrons. The molecule has 0 atom stereocenters. The van der Waals surface area contributed by atoms with Gasteiger partial charge in [0, 0.05) is 40.5 Å². The maximum Gasteiger partial charge on any atom is 0.190 e. The standard InChI is InChI=1S/C21H41N3O2.HI/c1-22-20(24-18-21(12-9-13-21)14-17-25-2)23-15-7-8-16-26-19-10-5-3-4-6-11-19;/h19H,3-18H2,1-2H3,(H2,22,23,24);1H. The first-order valence-electron chi connectivity index (χ1n) is 10.8. The first-order valence-corrected chi connectivity index (χ1v) is 10.8. The van der Waals surface area contributed by atoms with Gasteiger partial charge in [-0.25, -0.2) is 0 Å². The predicted octanol–water partition coefficient (Wildman–Crippen LogP) is 4.50. The van der Waals surface area contributed by atoms with Gasteiger partial charge in [0.25, 0.3) is 0 Å². The number of rotatable bonds is 11. The predicted molar refractivity (Wildman–Crippen MR) is 124 cm³/mol. The van der Waals surface area contributed by atoms with E-state index in [0.29, 0.717) is 11.5 Å². The van der Waals surface area contributed by atoms with Gasteiger partial charge >= 0.3 is 0 Å². The van der Waals surface area contributed by atoms with Crippen molar-refractivity contribution in [1.82, 2.24) is 10.6 Å². The van der Waals surface area contributed by atoms with Gasteiger partial charge in [-0.15, -0.1) is 24.0 Å². The molecule has 0 amide bonds. The molecule has 2 rings (SSSR count). The van der Waals surface area contributed by atoms with E-state index >= 15 is 0 Å². The number of nitrogens with zero attached hydrogens (tertiary/aromatic N) is 1. The molecule has 2 saturated carbocycles. The quantitative estimate of drug-likeness (QED) is 0.146. The molecule has 27 heavy (non-hydrogen) atoms. The molecule has 0 bridgehead atoms. The average Bonchev–Trinajstić information content (AvgIpc) is 2.90. The van der Waals surface area contributed by atoms with Gasteiger partial charge in [-0.3, -0.25) is 4.99 Å². The van der Waals surface area contributed by atoms with E-state index in [1.54, 1.807) is 7.11 Å². The first-order chi connectivity index (χ1) is 12.8. The van der Waals surface area contributed by atoms with Crippen LogP contribution in [0.1, 0.15) is 77.0 Å². The van der Waals surface area contributed by atoms with E-state index in [9.17, 15) is 0 Å². The summed E-state index contributed by atoms with van der Waals surface area (Å²) in [4.78, 5) is 4.36. The Morgan fingerprint density at radius 1 is 1.00 bits per heavy atom. The molecule has 6 heteroatoms. The molecule has 2 fully saturated rings. The molecular formula is C21H42IN3O2. The molecule has 0 radical (unpaired) electrons. The van der Waals surface area contributed by atoms with E-state index in [-0.39, 0.29) is 24.0 Å². The number of unbranched alkanes of at least 4 members (excludes halogenated alkanes) is 1. The Kier molecular flexibility index (Phi) is 13.7. The molecule has 0 aliphatic heterocycles. The van der Waals surface area contributed by atoms with Crippen LogP contribution in [0.15, 0.2) is 4.99 Å². The molecule has 0 spiro atoms. The van der Waals surface area contributed by atoms with E-state index in [0.717, 1.165) is 51.5 Å². The highest BCUT2D eigenvalue weighted by Crippen LogP contribution is 2.43. The van der Waals surface area contributed by atoms with Crippen LogP contribution in [0.4, 0.5) is 0 Å². The minimum Gasteiger partial charge on any atom is -0.385 e. The van der Waals surface area contributed by atoms with E-state index in [4.69, 9.17) is 9.47 Å².